The molecule has 528 valence electrons. The number of hydrogen-bond acceptors (Lipinski definition) is 15. The first kappa shape index (κ1) is 87.1. The van der Waals surface area contributed by atoms with Crippen molar-refractivity contribution in [1.82, 2.24) is 0 Å². The minimum atomic E-state index is -4.95. The van der Waals surface area contributed by atoms with Crippen LogP contribution in [-0.2, 0) is 65.4 Å². The van der Waals surface area contributed by atoms with Gasteiger partial charge < -0.3 is 33.8 Å². The maximum absolute atomic E-state index is 13.0. The Balaban J connectivity index is 5.12. The molecule has 2 unspecified atom stereocenters. The molecule has 0 aromatic heterocycles. The molecule has 0 aliphatic rings. The second kappa shape index (κ2) is 63.5. The molecular weight excluding hydrogens is 1170 g/mol. The van der Waals surface area contributed by atoms with Gasteiger partial charge in [0.25, 0.3) is 0 Å². The Morgan fingerprint density at radius 1 is 0.303 bits per heavy atom. The fourth-order valence-electron chi connectivity index (χ4n) is 10.6. The van der Waals surface area contributed by atoms with Crippen molar-refractivity contribution in [3.8, 4) is 0 Å². The normalized spacial score (nSPS) is 14.1. The number of rotatable bonds is 70. The molecule has 19 heteroatoms. The zero-order chi connectivity index (χ0) is 65.6. The van der Waals surface area contributed by atoms with E-state index in [1.54, 1.807) is 0 Å². The van der Waals surface area contributed by atoms with Gasteiger partial charge in [-0.25, -0.2) is 9.13 Å². The van der Waals surface area contributed by atoms with Gasteiger partial charge in [0.1, 0.15) is 19.3 Å². The van der Waals surface area contributed by atoms with Crippen molar-refractivity contribution in [3.05, 3.63) is 0 Å². The van der Waals surface area contributed by atoms with Crippen LogP contribution in [0, 0.1) is 5.92 Å². The van der Waals surface area contributed by atoms with E-state index >= 15 is 0 Å². The zero-order valence-corrected chi connectivity index (χ0v) is 59.4. The fraction of sp³-hybridized carbons (Fsp3) is 0.943. The molecule has 89 heavy (non-hydrogen) atoms. The molecule has 0 radical (unpaired) electrons. The molecule has 0 aromatic rings. The van der Waals surface area contributed by atoms with Crippen LogP contribution in [-0.4, -0.2) is 96.7 Å². The fourth-order valence-corrected chi connectivity index (χ4v) is 12.2. The van der Waals surface area contributed by atoms with Crippen LogP contribution in [0.1, 0.15) is 362 Å². The van der Waals surface area contributed by atoms with E-state index in [1.165, 1.54) is 186 Å². The summed E-state index contributed by atoms with van der Waals surface area (Å²) in [6.45, 7) is 7.12. The average molecular weight is 1310 g/mol. The van der Waals surface area contributed by atoms with Crippen LogP contribution in [0.4, 0.5) is 0 Å². The Bertz CT molecular complexity index is 1720. The van der Waals surface area contributed by atoms with Crippen molar-refractivity contribution in [3.63, 3.8) is 0 Å². The van der Waals surface area contributed by atoms with Crippen molar-refractivity contribution in [2.45, 2.75) is 380 Å². The lowest BCUT2D eigenvalue weighted by molar-refractivity contribution is -0.161. The minimum Gasteiger partial charge on any atom is -0.462 e. The number of aliphatic hydroxyl groups excluding tert-OH is 1. The first-order valence-electron chi connectivity index (χ1n) is 36.6. The summed E-state index contributed by atoms with van der Waals surface area (Å²) >= 11 is 0. The Labute approximate surface area is 543 Å². The molecule has 0 aliphatic heterocycles. The summed E-state index contributed by atoms with van der Waals surface area (Å²) in [6, 6.07) is 0. The third-order valence-electron chi connectivity index (χ3n) is 16.3. The molecule has 0 saturated carbocycles. The Morgan fingerprint density at radius 2 is 0.517 bits per heavy atom. The van der Waals surface area contributed by atoms with Gasteiger partial charge in [0.15, 0.2) is 12.2 Å². The number of esters is 4. The molecule has 17 nitrogen and oxygen atoms in total. The molecule has 0 saturated heterocycles. The SMILES string of the molecule is CCCCCCCCCCCCCCCCCCCCCCCC(=O)O[C@H](COC(=O)CCCCCCCCCCCC)COP(=O)(O)OC[C@@H](O)COP(=O)(O)OC[C@@H](COC(=O)CCCCCCCCCCC)OC(=O)CCCCCCCCC(C)C. The molecule has 0 aliphatic carbocycles. The molecule has 3 N–H and O–H groups in total. The summed E-state index contributed by atoms with van der Waals surface area (Å²) in [5.74, 6) is -1.46. The van der Waals surface area contributed by atoms with Gasteiger partial charge in [0.05, 0.1) is 26.4 Å². The zero-order valence-electron chi connectivity index (χ0n) is 57.6. The van der Waals surface area contributed by atoms with E-state index in [2.05, 4.69) is 34.6 Å². The highest BCUT2D eigenvalue weighted by Crippen LogP contribution is 2.45. The molecule has 0 fully saturated rings. The smallest absolute Gasteiger partial charge is 0.462 e. The maximum Gasteiger partial charge on any atom is 0.472 e. The lowest BCUT2D eigenvalue weighted by Crippen LogP contribution is -2.30. The van der Waals surface area contributed by atoms with Gasteiger partial charge in [-0.1, -0.05) is 311 Å². The highest BCUT2D eigenvalue weighted by atomic mass is 31.2. The highest BCUT2D eigenvalue weighted by molar-refractivity contribution is 7.47. The highest BCUT2D eigenvalue weighted by Gasteiger charge is 2.30. The quantitative estimate of drug-likeness (QED) is 0.0222. The largest absolute Gasteiger partial charge is 0.472 e. The molecule has 5 atom stereocenters. The minimum absolute atomic E-state index is 0.102. The first-order valence-corrected chi connectivity index (χ1v) is 39.6. The number of ether oxygens (including phenoxy) is 4. The molecular formula is C70H136O17P2. The van der Waals surface area contributed by atoms with Gasteiger partial charge in [0.2, 0.25) is 0 Å². The van der Waals surface area contributed by atoms with Crippen LogP contribution in [0.25, 0.3) is 0 Å². The van der Waals surface area contributed by atoms with Gasteiger partial charge in [0, 0.05) is 25.7 Å². The summed E-state index contributed by atoms with van der Waals surface area (Å²) in [6.07, 6.45) is 50.3. The van der Waals surface area contributed by atoms with Crippen molar-refractivity contribution in [2.75, 3.05) is 39.6 Å². The van der Waals surface area contributed by atoms with E-state index in [1.807, 2.05) is 0 Å². The second-order valence-corrected chi connectivity index (χ2v) is 28.7. The Kier molecular flexibility index (Phi) is 62.1. The number of unbranched alkanes of at least 4 members (excludes halogenated alkanes) is 42. The third-order valence-corrected chi connectivity index (χ3v) is 18.2. The number of phosphoric ester groups is 2. The molecule has 0 spiro atoms. The van der Waals surface area contributed by atoms with E-state index in [9.17, 15) is 43.2 Å². The van der Waals surface area contributed by atoms with Gasteiger partial charge in [-0.15, -0.1) is 0 Å². The number of hydrogen-bond donors (Lipinski definition) is 3. The van der Waals surface area contributed by atoms with E-state index in [0.717, 1.165) is 89.9 Å². The van der Waals surface area contributed by atoms with Crippen LogP contribution in [0.2, 0.25) is 0 Å². The van der Waals surface area contributed by atoms with Crippen LogP contribution in [0.5, 0.6) is 0 Å². The number of aliphatic hydroxyl groups is 1. The predicted molar refractivity (Wildman–Crippen MR) is 358 cm³/mol. The maximum atomic E-state index is 13.0. The topological polar surface area (TPSA) is 237 Å². The lowest BCUT2D eigenvalue weighted by Gasteiger charge is -2.21. The number of carbonyl (C=O) groups is 4. The molecule has 0 amide bonds. The van der Waals surface area contributed by atoms with Crippen molar-refractivity contribution < 1.29 is 80.2 Å². The Morgan fingerprint density at radius 3 is 0.764 bits per heavy atom. The standard InChI is InChI=1S/C70H136O17P2/c1-6-9-12-15-18-21-23-24-25-26-27-28-29-30-31-32-33-36-39-45-50-55-69(74)86-65(59-81-68(73)54-49-44-38-35-22-19-16-13-10-7-2)61-84-88(76,77)82-57-64(71)58-83-89(78,79)85-62-66(87-70(75)56-51-46-41-40-42-47-52-63(4)5)60-80-67(72)53-48-43-37-34-20-17-14-11-8-3/h63-66,71H,6-62H2,1-5H3,(H,76,77)(H,78,79)/t64-,65-,66-/m1/s1. The van der Waals surface area contributed by atoms with Crippen LogP contribution < -0.4 is 0 Å². The Hall–Kier alpha value is -1.94. The monoisotopic (exact) mass is 1310 g/mol. The second-order valence-electron chi connectivity index (χ2n) is 25.7. The van der Waals surface area contributed by atoms with Crippen molar-refractivity contribution in [1.29, 1.82) is 0 Å². The van der Waals surface area contributed by atoms with Gasteiger partial charge in [-0.3, -0.25) is 37.3 Å². The van der Waals surface area contributed by atoms with Crippen LogP contribution in [0.15, 0.2) is 0 Å². The third kappa shape index (κ3) is 64.6. The predicted octanol–water partition coefficient (Wildman–Crippen LogP) is 20.1. The summed E-state index contributed by atoms with van der Waals surface area (Å²) in [4.78, 5) is 72.3. The lowest BCUT2D eigenvalue weighted by atomic mass is 10.0. The summed E-state index contributed by atoms with van der Waals surface area (Å²) < 4.78 is 68.1. The van der Waals surface area contributed by atoms with Crippen LogP contribution >= 0.6 is 15.6 Å². The summed E-state index contributed by atoms with van der Waals surface area (Å²) in [5.41, 5.74) is 0. The van der Waals surface area contributed by atoms with E-state index in [0.29, 0.717) is 31.6 Å². The van der Waals surface area contributed by atoms with E-state index in [4.69, 9.17) is 37.0 Å². The van der Waals surface area contributed by atoms with E-state index in [-0.39, 0.29) is 25.7 Å². The molecule has 0 heterocycles. The average Bonchev–Trinajstić information content (AvgIpc) is 3.52. The summed E-state index contributed by atoms with van der Waals surface area (Å²) in [7, 11) is -9.89. The number of carbonyl (C=O) groups excluding carboxylic acids is 4. The van der Waals surface area contributed by atoms with Crippen molar-refractivity contribution >= 4 is 39.5 Å². The van der Waals surface area contributed by atoms with Crippen molar-refractivity contribution in [2.24, 2.45) is 5.92 Å². The number of phosphoric acid groups is 2. The van der Waals surface area contributed by atoms with Gasteiger partial charge in [-0.05, 0) is 31.6 Å². The molecule has 0 aromatic carbocycles. The summed E-state index contributed by atoms with van der Waals surface area (Å²) in [5, 5.41) is 10.6. The molecule has 0 bridgehead atoms. The van der Waals surface area contributed by atoms with Crippen LogP contribution in [0.3, 0.4) is 0 Å². The van der Waals surface area contributed by atoms with Gasteiger partial charge in [-0.2, -0.15) is 0 Å². The van der Waals surface area contributed by atoms with E-state index < -0.39 is 97.5 Å². The molecule has 0 rings (SSSR count). The van der Waals surface area contributed by atoms with Gasteiger partial charge >= 0.3 is 39.5 Å². The first-order chi connectivity index (χ1) is 43.0.